The number of hydrogen-bond acceptors (Lipinski definition) is 1. The first-order chi connectivity index (χ1) is 5.33. The van der Waals surface area contributed by atoms with E-state index in [9.17, 15) is 0 Å². The highest BCUT2D eigenvalue weighted by Gasteiger charge is 2.38. The molecule has 1 saturated carbocycles. The smallest absolute Gasteiger partial charge is 0.0206 e. The molecule has 0 radical (unpaired) electrons. The van der Waals surface area contributed by atoms with Gasteiger partial charge in [0.15, 0.2) is 0 Å². The van der Waals surface area contributed by atoms with E-state index in [4.69, 9.17) is 0 Å². The van der Waals surface area contributed by atoms with Crippen molar-refractivity contribution in [1.29, 1.82) is 0 Å². The molecular formula is C10H19N. The fourth-order valence-electron chi connectivity index (χ4n) is 2.90. The number of rotatable bonds is 0. The number of nitrogens with zero attached hydrogens (tertiary/aromatic N) is 1. The van der Waals surface area contributed by atoms with Crippen molar-refractivity contribution in [3.63, 3.8) is 0 Å². The molecule has 1 nitrogen and oxygen atoms in total. The summed E-state index contributed by atoms with van der Waals surface area (Å²) in [5.74, 6) is 0. The van der Waals surface area contributed by atoms with Crippen LogP contribution >= 0.6 is 0 Å². The minimum atomic E-state index is 0.665. The molecule has 11 heavy (non-hydrogen) atoms. The Morgan fingerprint density at radius 2 is 1.45 bits per heavy atom. The second kappa shape index (κ2) is 2.78. The van der Waals surface area contributed by atoms with Crippen LogP contribution in [-0.4, -0.2) is 24.0 Å². The van der Waals surface area contributed by atoms with Crippen LogP contribution in [0.1, 0.15) is 44.9 Å². The van der Waals surface area contributed by atoms with Gasteiger partial charge in [-0.1, -0.05) is 19.3 Å². The van der Waals surface area contributed by atoms with Crippen LogP contribution < -0.4 is 0 Å². The van der Waals surface area contributed by atoms with E-state index in [1.165, 1.54) is 51.5 Å². The molecule has 1 aliphatic carbocycles. The van der Waals surface area contributed by atoms with Gasteiger partial charge in [0.25, 0.3) is 0 Å². The summed E-state index contributed by atoms with van der Waals surface area (Å²) in [6.45, 7) is 1.35. The summed E-state index contributed by atoms with van der Waals surface area (Å²) in [6, 6.07) is 0. The molecule has 0 bridgehead atoms. The molecular weight excluding hydrogens is 134 g/mol. The van der Waals surface area contributed by atoms with E-state index in [1.807, 2.05) is 0 Å². The summed E-state index contributed by atoms with van der Waals surface area (Å²) in [6.07, 6.45) is 10.3. The SMILES string of the molecule is CN1CCCCC12CCCC2. The quantitative estimate of drug-likeness (QED) is 0.516. The lowest BCUT2D eigenvalue weighted by atomic mass is 9.86. The van der Waals surface area contributed by atoms with Crippen molar-refractivity contribution >= 4 is 0 Å². The molecule has 0 aromatic heterocycles. The van der Waals surface area contributed by atoms with Crippen LogP contribution in [0.15, 0.2) is 0 Å². The van der Waals surface area contributed by atoms with Gasteiger partial charge in [0.2, 0.25) is 0 Å². The zero-order valence-corrected chi connectivity index (χ0v) is 7.60. The Morgan fingerprint density at radius 1 is 0.909 bits per heavy atom. The average Bonchev–Trinajstić information content (AvgIpc) is 2.46. The van der Waals surface area contributed by atoms with Gasteiger partial charge in [-0.05, 0) is 39.3 Å². The largest absolute Gasteiger partial charge is 0.301 e. The highest BCUT2D eigenvalue weighted by Crippen LogP contribution is 2.40. The van der Waals surface area contributed by atoms with Crippen molar-refractivity contribution in [2.45, 2.75) is 50.5 Å². The number of hydrogen-bond donors (Lipinski definition) is 0. The molecule has 0 unspecified atom stereocenters. The fourth-order valence-corrected chi connectivity index (χ4v) is 2.90. The molecule has 1 saturated heterocycles. The van der Waals surface area contributed by atoms with Gasteiger partial charge < -0.3 is 4.90 Å². The van der Waals surface area contributed by atoms with E-state index in [-0.39, 0.29) is 0 Å². The topological polar surface area (TPSA) is 3.24 Å². The molecule has 0 N–H and O–H groups in total. The summed E-state index contributed by atoms with van der Waals surface area (Å²) >= 11 is 0. The Bertz CT molecular complexity index is 136. The first-order valence-electron chi connectivity index (χ1n) is 5.05. The van der Waals surface area contributed by atoms with Crippen LogP contribution in [0.4, 0.5) is 0 Å². The second-order valence-electron chi connectivity index (χ2n) is 4.31. The van der Waals surface area contributed by atoms with Crippen molar-refractivity contribution in [3.8, 4) is 0 Å². The van der Waals surface area contributed by atoms with E-state index >= 15 is 0 Å². The molecule has 1 spiro atoms. The Labute approximate surface area is 69.8 Å². The standard InChI is InChI=1S/C10H19N/c1-11-9-5-4-8-10(11)6-2-3-7-10/h2-9H2,1H3. The normalized spacial score (nSPS) is 31.4. The van der Waals surface area contributed by atoms with Gasteiger partial charge in [0.05, 0.1) is 0 Å². The molecule has 0 aromatic carbocycles. The molecule has 1 aliphatic heterocycles. The highest BCUT2D eigenvalue weighted by molar-refractivity contribution is 4.95. The third-order valence-electron chi connectivity index (χ3n) is 3.73. The Balaban J connectivity index is 2.07. The summed E-state index contributed by atoms with van der Waals surface area (Å²) in [5.41, 5.74) is 0.665. The van der Waals surface area contributed by atoms with Gasteiger partial charge in [-0.2, -0.15) is 0 Å². The summed E-state index contributed by atoms with van der Waals surface area (Å²) in [5, 5.41) is 0. The zero-order valence-electron chi connectivity index (χ0n) is 7.60. The van der Waals surface area contributed by atoms with Gasteiger partial charge in [-0.25, -0.2) is 0 Å². The maximum atomic E-state index is 2.63. The minimum absolute atomic E-state index is 0.665. The van der Waals surface area contributed by atoms with E-state index < -0.39 is 0 Å². The maximum absolute atomic E-state index is 2.63. The number of likely N-dealkylation sites (tertiary alicyclic amines) is 1. The Hall–Kier alpha value is -0.0400. The molecule has 1 heteroatoms. The van der Waals surface area contributed by atoms with E-state index in [0.29, 0.717) is 5.54 Å². The summed E-state index contributed by atoms with van der Waals surface area (Å²) in [4.78, 5) is 2.63. The molecule has 2 rings (SSSR count). The van der Waals surface area contributed by atoms with Crippen LogP contribution in [0.5, 0.6) is 0 Å². The van der Waals surface area contributed by atoms with Crippen LogP contribution in [0.25, 0.3) is 0 Å². The van der Waals surface area contributed by atoms with E-state index in [2.05, 4.69) is 11.9 Å². The number of piperidine rings is 1. The first kappa shape index (κ1) is 7.60. The van der Waals surface area contributed by atoms with Crippen molar-refractivity contribution in [3.05, 3.63) is 0 Å². The van der Waals surface area contributed by atoms with Crippen molar-refractivity contribution in [2.75, 3.05) is 13.6 Å². The monoisotopic (exact) mass is 153 g/mol. The molecule has 64 valence electrons. The van der Waals surface area contributed by atoms with Crippen molar-refractivity contribution in [1.82, 2.24) is 4.90 Å². The molecule has 2 fully saturated rings. The maximum Gasteiger partial charge on any atom is 0.0206 e. The summed E-state index contributed by atoms with van der Waals surface area (Å²) in [7, 11) is 2.32. The fraction of sp³-hybridized carbons (Fsp3) is 1.00. The van der Waals surface area contributed by atoms with E-state index in [0.717, 1.165) is 0 Å². The zero-order chi connectivity index (χ0) is 7.73. The first-order valence-corrected chi connectivity index (χ1v) is 5.05. The molecule has 0 amide bonds. The Morgan fingerprint density at radius 3 is 2.09 bits per heavy atom. The lowest BCUT2D eigenvalue weighted by molar-refractivity contribution is 0.0791. The average molecular weight is 153 g/mol. The lowest BCUT2D eigenvalue weighted by Gasteiger charge is -2.42. The van der Waals surface area contributed by atoms with Gasteiger partial charge in [-0.15, -0.1) is 0 Å². The predicted molar refractivity (Wildman–Crippen MR) is 47.7 cm³/mol. The van der Waals surface area contributed by atoms with Gasteiger partial charge in [0.1, 0.15) is 0 Å². The van der Waals surface area contributed by atoms with Crippen molar-refractivity contribution in [2.24, 2.45) is 0 Å². The van der Waals surface area contributed by atoms with E-state index in [1.54, 1.807) is 0 Å². The van der Waals surface area contributed by atoms with Crippen molar-refractivity contribution < 1.29 is 0 Å². The molecule has 0 atom stereocenters. The predicted octanol–water partition coefficient (Wildman–Crippen LogP) is 2.41. The van der Waals surface area contributed by atoms with Crippen LogP contribution in [0, 0.1) is 0 Å². The van der Waals surface area contributed by atoms with Crippen LogP contribution in [0.3, 0.4) is 0 Å². The van der Waals surface area contributed by atoms with Gasteiger partial charge in [-0.3, -0.25) is 0 Å². The Kier molecular flexibility index (Phi) is 1.92. The molecule has 2 aliphatic rings. The third-order valence-corrected chi connectivity index (χ3v) is 3.73. The van der Waals surface area contributed by atoms with Gasteiger partial charge in [0, 0.05) is 5.54 Å². The minimum Gasteiger partial charge on any atom is -0.301 e. The molecule has 1 heterocycles. The van der Waals surface area contributed by atoms with Crippen LogP contribution in [-0.2, 0) is 0 Å². The lowest BCUT2D eigenvalue weighted by Crippen LogP contribution is -2.47. The summed E-state index contributed by atoms with van der Waals surface area (Å²) < 4.78 is 0. The second-order valence-corrected chi connectivity index (χ2v) is 4.31. The third kappa shape index (κ3) is 1.20. The molecule has 0 aromatic rings. The highest BCUT2D eigenvalue weighted by atomic mass is 15.2. The van der Waals surface area contributed by atoms with Crippen LogP contribution in [0.2, 0.25) is 0 Å². The van der Waals surface area contributed by atoms with Gasteiger partial charge >= 0.3 is 0 Å².